The van der Waals surface area contributed by atoms with Gasteiger partial charge in [-0.05, 0) is 54.0 Å². The first kappa shape index (κ1) is 22.4. The van der Waals surface area contributed by atoms with Gasteiger partial charge in [0.15, 0.2) is 0 Å². The first-order valence-electron chi connectivity index (χ1n) is 11.8. The third-order valence-corrected chi connectivity index (χ3v) is 9.76. The van der Waals surface area contributed by atoms with Gasteiger partial charge in [-0.15, -0.1) is 11.3 Å². The van der Waals surface area contributed by atoms with Crippen LogP contribution in [-0.2, 0) is 21.2 Å². The summed E-state index contributed by atoms with van der Waals surface area (Å²) in [5.74, 6) is -0.167. The first-order chi connectivity index (χ1) is 17.0. The van der Waals surface area contributed by atoms with E-state index in [0.717, 1.165) is 35.8 Å². The number of fused-ring (bicyclic) bond motifs is 2. The summed E-state index contributed by atoms with van der Waals surface area (Å²) in [6.45, 7) is 0.402. The highest BCUT2D eigenvalue weighted by molar-refractivity contribution is 7.89. The molecule has 1 amide bonds. The van der Waals surface area contributed by atoms with Crippen molar-refractivity contribution < 1.29 is 13.2 Å². The number of hydrogen-bond donors (Lipinski definition) is 0. The maximum Gasteiger partial charge on any atom is 0.245 e. The summed E-state index contributed by atoms with van der Waals surface area (Å²) < 4.78 is 29.1. The van der Waals surface area contributed by atoms with E-state index in [1.54, 1.807) is 35.7 Å². The van der Waals surface area contributed by atoms with Crippen molar-refractivity contribution in [1.82, 2.24) is 14.2 Å². The van der Waals surface area contributed by atoms with Crippen LogP contribution < -0.4 is 0 Å². The highest BCUT2D eigenvalue weighted by Gasteiger charge is 2.42. The molecule has 1 unspecified atom stereocenters. The number of nitrogens with zero attached hydrogens (tertiary/aromatic N) is 3. The van der Waals surface area contributed by atoms with E-state index < -0.39 is 10.0 Å². The van der Waals surface area contributed by atoms with E-state index in [0.29, 0.717) is 12.1 Å². The molecule has 1 atom stereocenters. The molecule has 8 heteroatoms. The predicted octanol–water partition coefficient (Wildman–Crippen LogP) is 4.62. The Bertz CT molecular complexity index is 1490. The standard InChI is InChI=1S/C27H25N3O3S2/c31-25(29-16-13-23-22(14-17-34-23)27(29)20-6-2-1-3-7-20)18-30(21-11-12-21)35(32,33)24-10-4-8-19-9-5-15-28-26(19)24/h1-10,14-15,17,21,27H,11-13,16,18H2. The minimum Gasteiger partial charge on any atom is -0.330 e. The van der Waals surface area contributed by atoms with Crippen LogP contribution in [-0.4, -0.2) is 47.6 Å². The molecule has 1 fully saturated rings. The van der Waals surface area contributed by atoms with Crippen molar-refractivity contribution in [1.29, 1.82) is 0 Å². The molecule has 0 radical (unpaired) electrons. The van der Waals surface area contributed by atoms with Crippen LogP contribution in [0, 0.1) is 0 Å². The topological polar surface area (TPSA) is 70.6 Å². The number of sulfonamides is 1. The van der Waals surface area contributed by atoms with Gasteiger partial charge in [-0.25, -0.2) is 8.42 Å². The van der Waals surface area contributed by atoms with Crippen LogP contribution in [0.15, 0.2) is 83.2 Å². The highest BCUT2D eigenvalue weighted by atomic mass is 32.2. The van der Waals surface area contributed by atoms with Gasteiger partial charge in [-0.3, -0.25) is 9.78 Å². The number of pyridine rings is 1. The SMILES string of the molecule is O=C(CN(C1CC1)S(=O)(=O)c1cccc2cccnc12)N1CCc2sccc2C1c1ccccc1. The number of hydrogen-bond acceptors (Lipinski definition) is 5. The maximum absolute atomic E-state index is 13.9. The van der Waals surface area contributed by atoms with Crippen LogP contribution in [0.5, 0.6) is 0 Å². The largest absolute Gasteiger partial charge is 0.330 e. The lowest BCUT2D eigenvalue weighted by molar-refractivity contribution is -0.133. The van der Waals surface area contributed by atoms with E-state index in [-0.39, 0.29) is 29.4 Å². The first-order valence-corrected chi connectivity index (χ1v) is 14.1. The van der Waals surface area contributed by atoms with Crippen LogP contribution >= 0.6 is 11.3 Å². The number of rotatable bonds is 6. The Morgan fingerprint density at radius 2 is 1.83 bits per heavy atom. The fourth-order valence-electron chi connectivity index (χ4n) is 4.99. The summed E-state index contributed by atoms with van der Waals surface area (Å²) in [7, 11) is -3.90. The van der Waals surface area contributed by atoms with E-state index in [4.69, 9.17) is 0 Å². The van der Waals surface area contributed by atoms with Crippen LogP contribution in [0.2, 0.25) is 0 Å². The fourth-order valence-corrected chi connectivity index (χ4v) is 7.69. The molecule has 3 heterocycles. The summed E-state index contributed by atoms with van der Waals surface area (Å²) in [4.78, 5) is 21.5. The number of aromatic nitrogens is 1. The van der Waals surface area contributed by atoms with Gasteiger partial charge in [0, 0.05) is 29.0 Å². The number of carbonyl (C=O) groups is 1. The second-order valence-electron chi connectivity index (χ2n) is 9.06. The Morgan fingerprint density at radius 1 is 1.03 bits per heavy atom. The van der Waals surface area contributed by atoms with Crippen LogP contribution in [0.1, 0.15) is 34.9 Å². The summed E-state index contributed by atoms with van der Waals surface area (Å²) in [5, 5.41) is 2.84. The summed E-state index contributed by atoms with van der Waals surface area (Å²) in [6, 6.07) is 20.6. The molecule has 2 aromatic heterocycles. The lowest BCUT2D eigenvalue weighted by Gasteiger charge is -2.37. The van der Waals surface area contributed by atoms with E-state index in [1.807, 2.05) is 47.4 Å². The summed E-state index contributed by atoms with van der Waals surface area (Å²) in [5.41, 5.74) is 2.62. The smallest absolute Gasteiger partial charge is 0.245 e. The fraction of sp³-hybridized carbons (Fsp3) is 0.259. The summed E-state index contributed by atoms with van der Waals surface area (Å²) >= 11 is 1.72. The lowest BCUT2D eigenvalue weighted by Crippen LogP contribution is -2.47. The number of benzene rings is 2. The number of carbonyl (C=O) groups excluding carboxylic acids is 1. The van der Waals surface area contributed by atoms with Crippen LogP contribution in [0.3, 0.4) is 0 Å². The average Bonchev–Trinajstić information content (AvgIpc) is 3.61. The van der Waals surface area contributed by atoms with Crippen molar-refractivity contribution >= 4 is 38.2 Å². The van der Waals surface area contributed by atoms with Crippen LogP contribution in [0.4, 0.5) is 0 Å². The van der Waals surface area contributed by atoms with Crippen LogP contribution in [0.25, 0.3) is 10.9 Å². The Morgan fingerprint density at radius 3 is 2.63 bits per heavy atom. The van der Waals surface area contributed by atoms with Gasteiger partial charge < -0.3 is 4.90 Å². The zero-order chi connectivity index (χ0) is 24.0. The molecule has 1 aliphatic carbocycles. The average molecular weight is 504 g/mol. The number of amides is 1. The molecule has 0 bridgehead atoms. The zero-order valence-corrected chi connectivity index (χ0v) is 20.7. The molecule has 6 nitrogen and oxygen atoms in total. The molecule has 1 saturated carbocycles. The van der Waals surface area contributed by atoms with Gasteiger partial charge in [0.1, 0.15) is 4.90 Å². The second kappa shape index (κ2) is 8.86. The van der Waals surface area contributed by atoms with Crippen molar-refractivity contribution in [3.8, 4) is 0 Å². The molecular weight excluding hydrogens is 478 g/mol. The Hall–Kier alpha value is -3.07. The normalized spacial score (nSPS) is 18.1. The zero-order valence-electron chi connectivity index (χ0n) is 19.1. The third-order valence-electron chi connectivity index (χ3n) is 6.83. The molecule has 0 spiro atoms. The summed E-state index contributed by atoms with van der Waals surface area (Å²) in [6.07, 6.45) is 3.92. The van der Waals surface area contributed by atoms with Gasteiger partial charge in [0.2, 0.25) is 15.9 Å². The molecule has 6 rings (SSSR count). The molecule has 2 aliphatic rings. The highest BCUT2D eigenvalue weighted by Crippen LogP contribution is 2.39. The second-order valence-corrected chi connectivity index (χ2v) is 11.9. The maximum atomic E-state index is 13.9. The number of para-hydroxylation sites is 1. The van der Waals surface area contributed by atoms with E-state index >= 15 is 0 Å². The van der Waals surface area contributed by atoms with Crippen molar-refractivity contribution in [2.75, 3.05) is 13.1 Å². The molecule has 4 aromatic rings. The van der Waals surface area contributed by atoms with Gasteiger partial charge in [-0.1, -0.05) is 48.5 Å². The minimum atomic E-state index is -3.90. The quantitative estimate of drug-likeness (QED) is 0.385. The molecule has 0 saturated heterocycles. The van der Waals surface area contributed by atoms with E-state index in [1.165, 1.54) is 9.18 Å². The van der Waals surface area contributed by atoms with E-state index in [2.05, 4.69) is 16.4 Å². The number of thiophene rings is 1. The van der Waals surface area contributed by atoms with Gasteiger partial charge >= 0.3 is 0 Å². The lowest BCUT2D eigenvalue weighted by atomic mass is 9.93. The molecule has 178 valence electrons. The Kier molecular flexibility index (Phi) is 5.67. The molecule has 1 aliphatic heterocycles. The molecule has 35 heavy (non-hydrogen) atoms. The van der Waals surface area contributed by atoms with Crippen molar-refractivity contribution in [2.45, 2.75) is 36.2 Å². The minimum absolute atomic E-state index is 0.153. The van der Waals surface area contributed by atoms with Gasteiger partial charge in [-0.2, -0.15) is 4.31 Å². The van der Waals surface area contributed by atoms with Gasteiger partial charge in [0.25, 0.3) is 0 Å². The molecular formula is C27H25N3O3S2. The Labute approximate surface area is 208 Å². The monoisotopic (exact) mass is 503 g/mol. The van der Waals surface area contributed by atoms with Crippen molar-refractivity contribution in [2.24, 2.45) is 0 Å². The van der Waals surface area contributed by atoms with E-state index in [9.17, 15) is 13.2 Å². The van der Waals surface area contributed by atoms with Crippen molar-refractivity contribution in [3.05, 3.63) is 94.3 Å². The Balaban J connectivity index is 1.35. The predicted molar refractivity (Wildman–Crippen MR) is 137 cm³/mol. The van der Waals surface area contributed by atoms with Crippen molar-refractivity contribution in [3.63, 3.8) is 0 Å². The molecule has 2 aromatic carbocycles. The molecule has 0 N–H and O–H groups in total. The van der Waals surface area contributed by atoms with Gasteiger partial charge in [0.05, 0.1) is 18.1 Å². The third kappa shape index (κ3) is 4.05.